The lowest BCUT2D eigenvalue weighted by Gasteiger charge is -2.05. The SMILES string of the molecule is Fc1ccccc1CNCCCCCI. The van der Waals surface area contributed by atoms with Crippen LogP contribution < -0.4 is 5.32 Å². The summed E-state index contributed by atoms with van der Waals surface area (Å²) < 4.78 is 14.4. The smallest absolute Gasteiger partial charge is 0.127 e. The summed E-state index contributed by atoms with van der Waals surface area (Å²) in [7, 11) is 0. The topological polar surface area (TPSA) is 12.0 Å². The molecule has 0 aliphatic heterocycles. The van der Waals surface area contributed by atoms with Crippen molar-refractivity contribution in [3.8, 4) is 0 Å². The number of hydrogen-bond acceptors (Lipinski definition) is 1. The van der Waals surface area contributed by atoms with Crippen molar-refractivity contribution < 1.29 is 4.39 Å². The first-order valence-electron chi connectivity index (χ1n) is 5.34. The van der Waals surface area contributed by atoms with E-state index in [-0.39, 0.29) is 5.82 Å². The molecule has 0 fully saturated rings. The average Bonchev–Trinajstić information content (AvgIpc) is 2.25. The molecule has 0 spiro atoms. The minimum Gasteiger partial charge on any atom is -0.313 e. The first kappa shape index (κ1) is 12.9. The number of benzene rings is 1. The van der Waals surface area contributed by atoms with Crippen LogP contribution in [0.4, 0.5) is 4.39 Å². The van der Waals surface area contributed by atoms with Gasteiger partial charge in [-0.05, 0) is 29.9 Å². The molecule has 0 amide bonds. The molecule has 0 atom stereocenters. The zero-order valence-corrected chi connectivity index (χ0v) is 11.0. The van der Waals surface area contributed by atoms with Gasteiger partial charge in [-0.25, -0.2) is 4.39 Å². The molecule has 15 heavy (non-hydrogen) atoms. The summed E-state index contributed by atoms with van der Waals surface area (Å²) in [6.45, 7) is 1.61. The van der Waals surface area contributed by atoms with Gasteiger partial charge in [0.05, 0.1) is 0 Å². The number of halogens is 2. The molecule has 0 saturated carbocycles. The molecule has 1 rings (SSSR count). The van der Waals surface area contributed by atoms with Crippen LogP contribution in [0.2, 0.25) is 0 Å². The Morgan fingerprint density at radius 3 is 2.67 bits per heavy atom. The van der Waals surface area contributed by atoms with Crippen molar-refractivity contribution in [1.29, 1.82) is 0 Å². The predicted molar refractivity (Wildman–Crippen MR) is 70.8 cm³/mol. The fourth-order valence-corrected chi connectivity index (χ4v) is 1.93. The van der Waals surface area contributed by atoms with Gasteiger partial charge >= 0.3 is 0 Å². The van der Waals surface area contributed by atoms with Crippen molar-refractivity contribution in [3.63, 3.8) is 0 Å². The maximum atomic E-state index is 13.2. The van der Waals surface area contributed by atoms with Crippen LogP contribution in [0, 0.1) is 5.82 Å². The third kappa shape index (κ3) is 5.47. The summed E-state index contributed by atoms with van der Waals surface area (Å²) in [5.74, 6) is -0.114. The van der Waals surface area contributed by atoms with E-state index in [9.17, 15) is 4.39 Å². The Morgan fingerprint density at radius 1 is 1.13 bits per heavy atom. The normalized spacial score (nSPS) is 10.5. The largest absolute Gasteiger partial charge is 0.313 e. The fraction of sp³-hybridized carbons (Fsp3) is 0.500. The minimum atomic E-state index is -0.114. The van der Waals surface area contributed by atoms with E-state index in [1.165, 1.54) is 29.8 Å². The van der Waals surface area contributed by atoms with Gasteiger partial charge in [-0.3, -0.25) is 0 Å². The Balaban J connectivity index is 2.12. The van der Waals surface area contributed by atoms with Crippen molar-refractivity contribution in [2.75, 3.05) is 11.0 Å². The predicted octanol–water partition coefficient (Wildman–Crippen LogP) is 3.52. The Labute approximate surface area is 105 Å². The van der Waals surface area contributed by atoms with Gasteiger partial charge in [-0.15, -0.1) is 0 Å². The lowest BCUT2D eigenvalue weighted by Crippen LogP contribution is -2.15. The van der Waals surface area contributed by atoms with Crippen molar-refractivity contribution in [2.45, 2.75) is 25.8 Å². The van der Waals surface area contributed by atoms with Crippen molar-refractivity contribution in [2.24, 2.45) is 0 Å². The van der Waals surface area contributed by atoms with Crippen molar-refractivity contribution in [1.82, 2.24) is 5.32 Å². The van der Waals surface area contributed by atoms with E-state index >= 15 is 0 Å². The van der Waals surface area contributed by atoms with E-state index in [2.05, 4.69) is 27.9 Å². The Morgan fingerprint density at radius 2 is 1.93 bits per heavy atom. The molecule has 0 aliphatic carbocycles. The molecule has 1 aromatic rings. The van der Waals surface area contributed by atoms with Gasteiger partial charge in [-0.1, -0.05) is 47.2 Å². The minimum absolute atomic E-state index is 0.114. The zero-order chi connectivity index (χ0) is 10.9. The van der Waals surface area contributed by atoms with Gasteiger partial charge in [0.1, 0.15) is 5.82 Å². The van der Waals surface area contributed by atoms with E-state index < -0.39 is 0 Å². The van der Waals surface area contributed by atoms with Crippen LogP contribution in [0.1, 0.15) is 24.8 Å². The van der Waals surface area contributed by atoms with Gasteiger partial charge in [0.2, 0.25) is 0 Å². The molecule has 84 valence electrons. The van der Waals surface area contributed by atoms with Crippen LogP contribution in [0.15, 0.2) is 24.3 Å². The molecule has 1 N–H and O–H groups in total. The molecule has 0 aliphatic rings. The number of nitrogens with one attached hydrogen (secondary N) is 1. The van der Waals surface area contributed by atoms with E-state index in [4.69, 9.17) is 0 Å². The second-order valence-electron chi connectivity index (χ2n) is 3.52. The van der Waals surface area contributed by atoms with Crippen LogP contribution in [-0.2, 0) is 6.54 Å². The Kier molecular flexibility index (Phi) is 6.92. The molecule has 1 nitrogen and oxygen atoms in total. The van der Waals surface area contributed by atoms with E-state index in [0.717, 1.165) is 12.1 Å². The van der Waals surface area contributed by atoms with Crippen LogP contribution in [0.25, 0.3) is 0 Å². The lowest BCUT2D eigenvalue weighted by atomic mass is 10.2. The molecule has 0 saturated heterocycles. The van der Waals surface area contributed by atoms with E-state index in [1.807, 2.05) is 12.1 Å². The fourth-order valence-electron chi connectivity index (χ4n) is 1.39. The molecular formula is C12H17FIN. The first-order chi connectivity index (χ1) is 7.34. The lowest BCUT2D eigenvalue weighted by molar-refractivity contribution is 0.574. The summed E-state index contributed by atoms with van der Waals surface area (Å²) in [4.78, 5) is 0. The Hall–Kier alpha value is -0.160. The molecule has 0 radical (unpaired) electrons. The van der Waals surface area contributed by atoms with Gasteiger partial charge in [0.15, 0.2) is 0 Å². The van der Waals surface area contributed by atoms with Gasteiger partial charge in [0.25, 0.3) is 0 Å². The van der Waals surface area contributed by atoms with Crippen LogP contribution >= 0.6 is 22.6 Å². The maximum Gasteiger partial charge on any atom is 0.127 e. The quantitative estimate of drug-likeness (QED) is 0.460. The number of rotatable bonds is 7. The highest BCUT2D eigenvalue weighted by Gasteiger charge is 1.98. The van der Waals surface area contributed by atoms with Crippen molar-refractivity contribution in [3.05, 3.63) is 35.6 Å². The van der Waals surface area contributed by atoms with Gasteiger partial charge in [0, 0.05) is 12.1 Å². The summed E-state index contributed by atoms with van der Waals surface area (Å²) >= 11 is 2.39. The summed E-state index contributed by atoms with van der Waals surface area (Å²) in [6.07, 6.45) is 3.71. The molecule has 0 bridgehead atoms. The summed E-state index contributed by atoms with van der Waals surface area (Å²) in [5.41, 5.74) is 0.756. The summed E-state index contributed by atoms with van der Waals surface area (Å²) in [6, 6.07) is 6.93. The van der Waals surface area contributed by atoms with E-state index in [0.29, 0.717) is 6.54 Å². The molecule has 0 aromatic heterocycles. The zero-order valence-electron chi connectivity index (χ0n) is 8.81. The average molecular weight is 321 g/mol. The third-order valence-corrected chi connectivity index (χ3v) is 3.02. The van der Waals surface area contributed by atoms with Gasteiger partial charge < -0.3 is 5.32 Å². The van der Waals surface area contributed by atoms with Crippen LogP contribution in [0.3, 0.4) is 0 Å². The monoisotopic (exact) mass is 321 g/mol. The first-order valence-corrected chi connectivity index (χ1v) is 6.87. The van der Waals surface area contributed by atoms with Crippen LogP contribution in [-0.4, -0.2) is 11.0 Å². The second kappa shape index (κ2) is 8.05. The molecular weight excluding hydrogens is 304 g/mol. The molecule has 3 heteroatoms. The summed E-state index contributed by atoms with van der Waals surface area (Å²) in [5, 5.41) is 3.26. The maximum absolute atomic E-state index is 13.2. The number of unbranched alkanes of at least 4 members (excludes halogenated alkanes) is 2. The molecule has 0 heterocycles. The third-order valence-electron chi connectivity index (χ3n) is 2.26. The highest BCUT2D eigenvalue weighted by molar-refractivity contribution is 14.1. The Bertz CT molecular complexity index is 278. The standard InChI is InChI=1S/C12H17FIN/c13-12-7-3-2-6-11(12)10-15-9-5-1-4-8-14/h2-3,6-7,15H,1,4-5,8-10H2. The number of alkyl halides is 1. The highest BCUT2D eigenvalue weighted by Crippen LogP contribution is 2.05. The van der Waals surface area contributed by atoms with E-state index in [1.54, 1.807) is 6.07 Å². The van der Waals surface area contributed by atoms with Crippen LogP contribution in [0.5, 0.6) is 0 Å². The molecule has 1 aromatic carbocycles. The highest BCUT2D eigenvalue weighted by atomic mass is 127. The van der Waals surface area contributed by atoms with Gasteiger partial charge in [-0.2, -0.15) is 0 Å². The van der Waals surface area contributed by atoms with Crippen molar-refractivity contribution >= 4 is 22.6 Å². The second-order valence-corrected chi connectivity index (χ2v) is 4.60. The molecule has 0 unspecified atom stereocenters. The number of hydrogen-bond donors (Lipinski definition) is 1.